The van der Waals surface area contributed by atoms with Crippen LogP contribution in [0, 0.1) is 5.82 Å². The highest BCUT2D eigenvalue weighted by molar-refractivity contribution is 9.10. The Kier molecular flexibility index (Phi) is 4.72. The summed E-state index contributed by atoms with van der Waals surface area (Å²) in [5.74, 6) is -0.195. The highest BCUT2D eigenvalue weighted by Crippen LogP contribution is 2.25. The van der Waals surface area contributed by atoms with Gasteiger partial charge in [-0.1, -0.05) is 46.3 Å². The van der Waals surface area contributed by atoms with E-state index in [4.69, 9.17) is 0 Å². The van der Waals surface area contributed by atoms with Gasteiger partial charge in [0.15, 0.2) is 0 Å². The largest absolute Gasteiger partial charge is 0.304 e. The van der Waals surface area contributed by atoms with Gasteiger partial charge in [0.05, 0.1) is 0 Å². The third-order valence-corrected chi connectivity index (χ3v) is 3.94. The van der Waals surface area contributed by atoms with Gasteiger partial charge in [0, 0.05) is 16.6 Å². The van der Waals surface area contributed by atoms with Crippen molar-refractivity contribution in [3.63, 3.8) is 0 Å². The van der Waals surface area contributed by atoms with Gasteiger partial charge in [-0.15, -0.1) is 0 Å². The standard InChI is InChI=1S/C16H17BrFN/c1-11(13-6-5-7-14(18)10-13)19-12(2)15-8-3-4-9-16(15)17/h3-12,19H,1-2H3/t11-,12?/m0/s1. The zero-order valence-electron chi connectivity index (χ0n) is 11.0. The molecule has 2 rings (SSSR count). The third kappa shape index (κ3) is 3.64. The predicted octanol–water partition coefficient (Wildman–Crippen LogP) is 5.00. The first-order chi connectivity index (χ1) is 9.08. The average Bonchev–Trinajstić information content (AvgIpc) is 2.39. The normalized spacial score (nSPS) is 14.1. The van der Waals surface area contributed by atoms with Gasteiger partial charge in [-0.3, -0.25) is 0 Å². The summed E-state index contributed by atoms with van der Waals surface area (Å²) >= 11 is 3.55. The van der Waals surface area contributed by atoms with Gasteiger partial charge in [-0.05, 0) is 43.2 Å². The van der Waals surface area contributed by atoms with Crippen LogP contribution in [0.4, 0.5) is 4.39 Å². The molecule has 0 radical (unpaired) electrons. The molecule has 0 aromatic heterocycles. The molecule has 0 spiro atoms. The van der Waals surface area contributed by atoms with E-state index in [1.165, 1.54) is 11.6 Å². The minimum Gasteiger partial charge on any atom is -0.304 e. The first kappa shape index (κ1) is 14.2. The molecule has 1 nitrogen and oxygen atoms in total. The van der Waals surface area contributed by atoms with Crippen LogP contribution in [0.15, 0.2) is 53.0 Å². The number of rotatable bonds is 4. The lowest BCUT2D eigenvalue weighted by atomic mass is 10.0. The summed E-state index contributed by atoms with van der Waals surface area (Å²) in [5.41, 5.74) is 2.16. The molecular weight excluding hydrogens is 305 g/mol. The van der Waals surface area contributed by atoms with Gasteiger partial charge < -0.3 is 5.32 Å². The number of halogens is 2. The van der Waals surface area contributed by atoms with Crippen molar-refractivity contribution in [1.82, 2.24) is 5.32 Å². The molecule has 2 aromatic rings. The lowest BCUT2D eigenvalue weighted by molar-refractivity contribution is 0.491. The highest BCUT2D eigenvalue weighted by atomic mass is 79.9. The van der Waals surface area contributed by atoms with Gasteiger partial charge in [-0.2, -0.15) is 0 Å². The second-order valence-corrected chi connectivity index (χ2v) is 5.54. The van der Waals surface area contributed by atoms with Crippen molar-refractivity contribution in [2.75, 3.05) is 0 Å². The van der Waals surface area contributed by atoms with E-state index >= 15 is 0 Å². The van der Waals surface area contributed by atoms with Crippen LogP contribution in [-0.2, 0) is 0 Å². The van der Waals surface area contributed by atoms with Crippen molar-refractivity contribution < 1.29 is 4.39 Å². The second-order valence-electron chi connectivity index (χ2n) is 4.69. The van der Waals surface area contributed by atoms with Crippen molar-refractivity contribution in [1.29, 1.82) is 0 Å². The molecule has 2 aromatic carbocycles. The fourth-order valence-electron chi connectivity index (χ4n) is 2.16. The Morgan fingerprint density at radius 3 is 2.42 bits per heavy atom. The molecule has 0 fully saturated rings. The van der Waals surface area contributed by atoms with E-state index in [-0.39, 0.29) is 17.9 Å². The summed E-state index contributed by atoms with van der Waals surface area (Å²) in [7, 11) is 0. The Bertz CT molecular complexity index is 556. The molecule has 0 aliphatic heterocycles. The summed E-state index contributed by atoms with van der Waals surface area (Å²) in [6.45, 7) is 4.15. The minimum absolute atomic E-state index is 0.0952. The van der Waals surface area contributed by atoms with Crippen molar-refractivity contribution in [3.8, 4) is 0 Å². The van der Waals surface area contributed by atoms with Gasteiger partial charge in [-0.25, -0.2) is 4.39 Å². The van der Waals surface area contributed by atoms with Gasteiger partial charge in [0.25, 0.3) is 0 Å². The maximum Gasteiger partial charge on any atom is 0.123 e. The lowest BCUT2D eigenvalue weighted by Crippen LogP contribution is -2.22. The van der Waals surface area contributed by atoms with Crippen LogP contribution >= 0.6 is 15.9 Å². The molecule has 0 heterocycles. The van der Waals surface area contributed by atoms with E-state index in [0.717, 1.165) is 10.0 Å². The van der Waals surface area contributed by atoms with E-state index in [1.807, 2.05) is 31.2 Å². The molecule has 19 heavy (non-hydrogen) atoms. The van der Waals surface area contributed by atoms with Crippen LogP contribution in [-0.4, -0.2) is 0 Å². The fourth-order valence-corrected chi connectivity index (χ4v) is 2.79. The Hall–Kier alpha value is -1.19. The Labute approximate surface area is 122 Å². The maximum absolute atomic E-state index is 13.2. The number of hydrogen-bond acceptors (Lipinski definition) is 1. The predicted molar refractivity (Wildman–Crippen MR) is 80.5 cm³/mol. The molecule has 1 unspecified atom stereocenters. The molecule has 1 N–H and O–H groups in total. The van der Waals surface area contributed by atoms with E-state index in [2.05, 4.69) is 34.2 Å². The maximum atomic E-state index is 13.2. The average molecular weight is 322 g/mol. The van der Waals surface area contributed by atoms with Crippen LogP contribution in [0.3, 0.4) is 0 Å². The molecule has 0 saturated heterocycles. The molecule has 0 amide bonds. The van der Waals surface area contributed by atoms with Crippen molar-refractivity contribution in [3.05, 3.63) is 69.9 Å². The monoisotopic (exact) mass is 321 g/mol. The molecule has 3 heteroatoms. The first-order valence-electron chi connectivity index (χ1n) is 6.34. The van der Waals surface area contributed by atoms with Crippen molar-refractivity contribution in [2.24, 2.45) is 0 Å². The summed E-state index contributed by atoms with van der Waals surface area (Å²) < 4.78 is 14.3. The molecular formula is C16H17BrFN. The van der Waals surface area contributed by atoms with E-state index in [0.29, 0.717) is 0 Å². The SMILES string of the molecule is CC(N[C@@H](C)c1cccc(F)c1)c1ccccc1Br. The summed E-state index contributed by atoms with van der Waals surface area (Å²) in [4.78, 5) is 0. The van der Waals surface area contributed by atoms with Crippen molar-refractivity contribution >= 4 is 15.9 Å². The van der Waals surface area contributed by atoms with Gasteiger partial charge >= 0.3 is 0 Å². The van der Waals surface area contributed by atoms with Crippen LogP contribution in [0.1, 0.15) is 37.1 Å². The molecule has 0 saturated carbocycles. The van der Waals surface area contributed by atoms with Crippen LogP contribution < -0.4 is 5.32 Å². The third-order valence-electron chi connectivity index (χ3n) is 3.22. The van der Waals surface area contributed by atoms with E-state index < -0.39 is 0 Å². The Morgan fingerprint density at radius 1 is 1.00 bits per heavy atom. The fraction of sp³-hybridized carbons (Fsp3) is 0.250. The smallest absolute Gasteiger partial charge is 0.123 e. The molecule has 0 bridgehead atoms. The first-order valence-corrected chi connectivity index (χ1v) is 7.13. The highest BCUT2D eigenvalue weighted by Gasteiger charge is 2.13. The molecule has 2 atom stereocenters. The minimum atomic E-state index is -0.195. The number of hydrogen-bond donors (Lipinski definition) is 1. The molecule has 100 valence electrons. The zero-order valence-corrected chi connectivity index (χ0v) is 12.6. The zero-order chi connectivity index (χ0) is 13.8. The van der Waals surface area contributed by atoms with E-state index in [1.54, 1.807) is 12.1 Å². The summed E-state index contributed by atoms with van der Waals surface area (Å²) in [5, 5.41) is 3.48. The van der Waals surface area contributed by atoms with Crippen LogP contribution in [0.5, 0.6) is 0 Å². The van der Waals surface area contributed by atoms with Crippen LogP contribution in [0.25, 0.3) is 0 Å². The van der Waals surface area contributed by atoms with Crippen molar-refractivity contribution in [2.45, 2.75) is 25.9 Å². The Morgan fingerprint density at radius 2 is 1.74 bits per heavy atom. The number of benzene rings is 2. The van der Waals surface area contributed by atoms with E-state index in [9.17, 15) is 4.39 Å². The van der Waals surface area contributed by atoms with Gasteiger partial charge in [0.1, 0.15) is 5.82 Å². The molecule has 0 aliphatic carbocycles. The Balaban J connectivity index is 2.11. The van der Waals surface area contributed by atoms with Gasteiger partial charge in [0.2, 0.25) is 0 Å². The van der Waals surface area contributed by atoms with Crippen LogP contribution in [0.2, 0.25) is 0 Å². The second kappa shape index (κ2) is 6.31. The quantitative estimate of drug-likeness (QED) is 0.835. The topological polar surface area (TPSA) is 12.0 Å². The lowest BCUT2D eigenvalue weighted by Gasteiger charge is -2.21. The number of nitrogens with one attached hydrogen (secondary N) is 1. The summed E-state index contributed by atoms with van der Waals surface area (Å²) in [6, 6.07) is 15.1. The molecule has 0 aliphatic rings. The summed E-state index contributed by atoms with van der Waals surface area (Å²) in [6.07, 6.45) is 0.